The minimum absolute atomic E-state index is 0.389. The first-order chi connectivity index (χ1) is 8.84. The monoisotopic (exact) mass is 350 g/mol. The molecule has 0 spiro atoms. The largest absolute Gasteiger partial charge is 0.416 e. The van der Waals surface area contributed by atoms with Crippen LogP contribution >= 0.6 is 27.3 Å². The number of hydrogen-bond acceptors (Lipinski definition) is 3. The fourth-order valence-electron chi connectivity index (χ4n) is 1.52. The summed E-state index contributed by atoms with van der Waals surface area (Å²) in [5.41, 5.74) is 0.640. The molecule has 0 radical (unpaired) electrons. The molecule has 19 heavy (non-hydrogen) atoms. The Bertz CT molecular complexity index is 581. The first-order valence-electron chi connectivity index (χ1n) is 5.37. The molecule has 0 aliphatic carbocycles. The Balaban J connectivity index is 2.14. The van der Waals surface area contributed by atoms with E-state index in [1.807, 2.05) is 12.3 Å². The van der Waals surface area contributed by atoms with Gasteiger partial charge in [-0.3, -0.25) is 0 Å². The molecule has 1 aromatic carbocycles. The van der Waals surface area contributed by atoms with E-state index in [1.165, 1.54) is 11.3 Å². The molecular weight excluding hydrogens is 341 g/mol. The van der Waals surface area contributed by atoms with Crippen LogP contribution in [0.25, 0.3) is 0 Å². The third-order valence-electron chi connectivity index (χ3n) is 2.34. The topological polar surface area (TPSA) is 24.9 Å². The number of anilines is 1. The quantitative estimate of drug-likeness (QED) is 0.856. The predicted octanol–water partition coefficient (Wildman–Crippen LogP) is 4.84. The first-order valence-corrected chi connectivity index (χ1v) is 7.04. The Labute approximate surface area is 120 Å². The van der Waals surface area contributed by atoms with Gasteiger partial charge < -0.3 is 5.32 Å². The molecule has 0 amide bonds. The molecule has 7 heteroatoms. The molecular formula is C12H10BrF3N2S. The van der Waals surface area contributed by atoms with Gasteiger partial charge in [0.2, 0.25) is 0 Å². The molecule has 0 atom stereocenters. The smallest absolute Gasteiger partial charge is 0.378 e. The lowest BCUT2D eigenvalue weighted by Crippen LogP contribution is -2.06. The summed E-state index contributed by atoms with van der Waals surface area (Å²) in [4.78, 5) is 4.24. The van der Waals surface area contributed by atoms with Gasteiger partial charge in [-0.05, 0) is 25.1 Å². The second kappa shape index (κ2) is 5.50. The van der Waals surface area contributed by atoms with Crippen molar-refractivity contribution in [3.05, 3.63) is 44.3 Å². The van der Waals surface area contributed by atoms with Gasteiger partial charge in [-0.2, -0.15) is 13.2 Å². The Kier molecular flexibility index (Phi) is 4.15. The highest BCUT2D eigenvalue weighted by Gasteiger charge is 2.31. The van der Waals surface area contributed by atoms with Crippen LogP contribution in [0.4, 0.5) is 18.9 Å². The minimum atomic E-state index is -4.35. The van der Waals surface area contributed by atoms with Crippen molar-refractivity contribution in [3.63, 3.8) is 0 Å². The van der Waals surface area contributed by atoms with E-state index in [-0.39, 0.29) is 0 Å². The molecule has 0 aliphatic heterocycles. The van der Waals surface area contributed by atoms with Crippen LogP contribution in [-0.2, 0) is 12.7 Å². The second-order valence-electron chi connectivity index (χ2n) is 3.96. The fourth-order valence-corrected chi connectivity index (χ4v) is 2.72. The van der Waals surface area contributed by atoms with Crippen molar-refractivity contribution in [2.24, 2.45) is 0 Å². The standard InChI is InChI=1S/C12H10BrF3N2S/c1-7-6-19-11(18-7)5-17-10-3-8(12(14,15)16)2-9(13)4-10/h2-4,6,17H,5H2,1H3. The zero-order valence-corrected chi connectivity index (χ0v) is 12.3. The van der Waals surface area contributed by atoms with Crippen LogP contribution in [0.2, 0.25) is 0 Å². The molecule has 0 saturated carbocycles. The normalized spacial score (nSPS) is 11.6. The Morgan fingerprint density at radius 2 is 2.05 bits per heavy atom. The maximum absolute atomic E-state index is 12.7. The zero-order chi connectivity index (χ0) is 14.0. The van der Waals surface area contributed by atoms with Gasteiger partial charge in [0.1, 0.15) is 5.01 Å². The van der Waals surface area contributed by atoms with Gasteiger partial charge in [-0.1, -0.05) is 15.9 Å². The van der Waals surface area contributed by atoms with Crippen molar-refractivity contribution in [2.75, 3.05) is 5.32 Å². The zero-order valence-electron chi connectivity index (χ0n) is 9.88. The average Bonchev–Trinajstić information content (AvgIpc) is 2.71. The van der Waals surface area contributed by atoms with Crippen molar-refractivity contribution in [1.29, 1.82) is 0 Å². The lowest BCUT2D eigenvalue weighted by Gasteiger charge is -2.11. The summed E-state index contributed by atoms with van der Waals surface area (Å²) in [5, 5.41) is 5.69. The van der Waals surface area contributed by atoms with Gasteiger partial charge in [0, 0.05) is 21.2 Å². The SMILES string of the molecule is Cc1csc(CNc2cc(Br)cc(C(F)(F)F)c2)n1. The highest BCUT2D eigenvalue weighted by molar-refractivity contribution is 9.10. The first kappa shape index (κ1) is 14.3. The molecule has 1 heterocycles. The van der Waals surface area contributed by atoms with Crippen molar-refractivity contribution < 1.29 is 13.2 Å². The number of benzene rings is 1. The van der Waals surface area contributed by atoms with E-state index in [2.05, 4.69) is 26.2 Å². The van der Waals surface area contributed by atoms with E-state index in [0.29, 0.717) is 16.7 Å². The van der Waals surface area contributed by atoms with Crippen molar-refractivity contribution in [1.82, 2.24) is 4.98 Å². The van der Waals surface area contributed by atoms with Gasteiger partial charge in [-0.15, -0.1) is 11.3 Å². The van der Waals surface area contributed by atoms with E-state index < -0.39 is 11.7 Å². The summed E-state index contributed by atoms with van der Waals surface area (Å²) in [6.07, 6.45) is -4.35. The highest BCUT2D eigenvalue weighted by atomic mass is 79.9. The molecule has 0 unspecified atom stereocenters. The van der Waals surface area contributed by atoms with Crippen LogP contribution in [0, 0.1) is 6.92 Å². The van der Waals surface area contributed by atoms with E-state index >= 15 is 0 Å². The predicted molar refractivity (Wildman–Crippen MR) is 73.3 cm³/mol. The van der Waals surface area contributed by atoms with E-state index in [9.17, 15) is 13.2 Å². The Morgan fingerprint density at radius 3 is 2.63 bits per heavy atom. The van der Waals surface area contributed by atoms with Crippen molar-refractivity contribution in [3.8, 4) is 0 Å². The van der Waals surface area contributed by atoms with Crippen LogP contribution in [-0.4, -0.2) is 4.98 Å². The number of thiazole rings is 1. The maximum atomic E-state index is 12.7. The lowest BCUT2D eigenvalue weighted by molar-refractivity contribution is -0.137. The number of hydrogen-bond donors (Lipinski definition) is 1. The lowest BCUT2D eigenvalue weighted by atomic mass is 10.2. The Hall–Kier alpha value is -1.08. The summed E-state index contributed by atoms with van der Waals surface area (Å²) < 4.78 is 38.4. The second-order valence-corrected chi connectivity index (χ2v) is 5.82. The number of halogens is 4. The summed E-state index contributed by atoms with van der Waals surface area (Å²) in [7, 11) is 0. The van der Waals surface area contributed by atoms with Crippen molar-refractivity contribution in [2.45, 2.75) is 19.6 Å². The van der Waals surface area contributed by atoms with Crippen molar-refractivity contribution >= 4 is 33.0 Å². The maximum Gasteiger partial charge on any atom is 0.416 e. The molecule has 2 nitrogen and oxygen atoms in total. The third-order valence-corrected chi connectivity index (χ3v) is 3.76. The number of nitrogens with zero attached hydrogens (tertiary/aromatic N) is 1. The van der Waals surface area contributed by atoms with Gasteiger partial charge in [-0.25, -0.2) is 4.98 Å². The number of nitrogens with one attached hydrogen (secondary N) is 1. The summed E-state index contributed by atoms with van der Waals surface area (Å²) in [6, 6.07) is 3.75. The molecule has 0 bridgehead atoms. The molecule has 1 aromatic heterocycles. The molecule has 102 valence electrons. The van der Waals surface area contributed by atoms with Gasteiger partial charge in [0.25, 0.3) is 0 Å². The molecule has 0 aliphatic rings. The minimum Gasteiger partial charge on any atom is -0.378 e. The Morgan fingerprint density at radius 1 is 1.32 bits per heavy atom. The molecule has 2 rings (SSSR count). The van der Waals surface area contributed by atoms with Gasteiger partial charge >= 0.3 is 6.18 Å². The molecule has 2 aromatic rings. The summed E-state index contributed by atoms with van der Waals surface area (Å²) >= 11 is 4.56. The highest BCUT2D eigenvalue weighted by Crippen LogP contribution is 2.33. The summed E-state index contributed by atoms with van der Waals surface area (Å²) in [6.45, 7) is 2.28. The van der Waals surface area contributed by atoms with Crippen LogP contribution in [0.15, 0.2) is 28.1 Å². The average molecular weight is 351 g/mol. The van der Waals surface area contributed by atoms with Crippen LogP contribution in [0.1, 0.15) is 16.3 Å². The number of alkyl halides is 3. The number of rotatable bonds is 3. The van der Waals surface area contributed by atoms with Crippen LogP contribution < -0.4 is 5.32 Å². The third kappa shape index (κ3) is 3.94. The number of aromatic nitrogens is 1. The molecule has 1 N–H and O–H groups in total. The van der Waals surface area contributed by atoms with E-state index in [1.54, 1.807) is 6.07 Å². The molecule has 0 saturated heterocycles. The van der Waals surface area contributed by atoms with E-state index in [0.717, 1.165) is 22.8 Å². The van der Waals surface area contributed by atoms with Gasteiger partial charge in [0.05, 0.1) is 12.1 Å². The van der Waals surface area contributed by atoms with Gasteiger partial charge in [0.15, 0.2) is 0 Å². The molecule has 0 fully saturated rings. The summed E-state index contributed by atoms with van der Waals surface area (Å²) in [5.74, 6) is 0. The fraction of sp³-hybridized carbons (Fsp3) is 0.250. The van der Waals surface area contributed by atoms with Crippen LogP contribution in [0.5, 0.6) is 0 Å². The van der Waals surface area contributed by atoms with E-state index in [4.69, 9.17) is 0 Å². The van der Waals surface area contributed by atoms with Crippen LogP contribution in [0.3, 0.4) is 0 Å². The number of aryl methyl sites for hydroxylation is 1.